The Morgan fingerprint density at radius 2 is 1.94 bits per heavy atom. The molecule has 3 atom stereocenters. The van der Waals surface area contributed by atoms with Crippen LogP contribution >= 0.6 is 0 Å². The maximum Gasteiger partial charge on any atom is 0.407 e. The number of ketones is 1. The number of unbranched alkanes of at least 4 members (excludes halogenated alkanes) is 1. The molecular weight excluding hydrogens is 452 g/mol. The van der Waals surface area contributed by atoms with Crippen LogP contribution in [0.25, 0.3) is 0 Å². The number of aliphatic hydroxyl groups is 1. The van der Waals surface area contributed by atoms with Gasteiger partial charge in [0.05, 0.1) is 12.7 Å². The van der Waals surface area contributed by atoms with Crippen molar-refractivity contribution in [2.24, 2.45) is 5.92 Å². The minimum atomic E-state index is -1.19. The molecule has 1 rings (SSSR count). The van der Waals surface area contributed by atoms with Crippen LogP contribution in [0.15, 0.2) is 35.5 Å². The molecule has 0 aromatic heterocycles. The standard InChI is InChI=1S/C26H40N2O7/c1-17(11-12-20-18(2)15-19(29)16-26(20,6)33)14-22(30)28-21(23(31)34-7)10-8-9-13-27-24(32)35-25(3,4)5/h11-12,14-15,20-21,33H,8-10,13,16H2,1-7H3,(H,27,32)(H,28,30)/b12-11+,17-14-. The van der Waals surface area contributed by atoms with Crippen molar-refractivity contribution in [3.63, 3.8) is 0 Å². The maximum atomic E-state index is 12.5. The third-order valence-corrected chi connectivity index (χ3v) is 5.38. The molecule has 1 aliphatic carbocycles. The molecule has 0 aromatic carbocycles. The summed E-state index contributed by atoms with van der Waals surface area (Å²) in [6, 6.07) is -0.822. The quantitative estimate of drug-likeness (QED) is 0.185. The van der Waals surface area contributed by atoms with Gasteiger partial charge in [-0.25, -0.2) is 9.59 Å². The van der Waals surface area contributed by atoms with Crippen molar-refractivity contribution in [1.29, 1.82) is 0 Å². The minimum Gasteiger partial charge on any atom is -0.467 e. The topological polar surface area (TPSA) is 131 Å². The van der Waals surface area contributed by atoms with Crippen LogP contribution in [-0.2, 0) is 23.9 Å². The third-order valence-electron chi connectivity index (χ3n) is 5.38. The van der Waals surface area contributed by atoms with Gasteiger partial charge in [0.15, 0.2) is 5.78 Å². The van der Waals surface area contributed by atoms with Crippen LogP contribution in [0.1, 0.15) is 67.2 Å². The number of carbonyl (C=O) groups is 4. The summed E-state index contributed by atoms with van der Waals surface area (Å²) in [7, 11) is 1.26. The Labute approximate surface area is 208 Å². The van der Waals surface area contributed by atoms with Gasteiger partial charge in [-0.2, -0.15) is 0 Å². The summed E-state index contributed by atoms with van der Waals surface area (Å²) in [5.41, 5.74) is -0.392. The second kappa shape index (κ2) is 13.2. The predicted octanol–water partition coefficient (Wildman–Crippen LogP) is 3.13. The zero-order valence-electron chi connectivity index (χ0n) is 21.9. The molecule has 196 valence electrons. The maximum absolute atomic E-state index is 12.5. The van der Waals surface area contributed by atoms with E-state index in [1.165, 1.54) is 19.3 Å². The first kappa shape index (κ1) is 30.1. The van der Waals surface area contributed by atoms with E-state index in [0.29, 0.717) is 31.4 Å². The second-order valence-electron chi connectivity index (χ2n) is 10.1. The van der Waals surface area contributed by atoms with Crippen molar-refractivity contribution in [3.05, 3.63) is 35.5 Å². The lowest BCUT2D eigenvalue weighted by Crippen LogP contribution is -2.41. The molecule has 0 heterocycles. The average Bonchev–Trinajstić information content (AvgIpc) is 2.69. The van der Waals surface area contributed by atoms with E-state index in [-0.39, 0.29) is 18.1 Å². The molecule has 0 aromatic rings. The van der Waals surface area contributed by atoms with Gasteiger partial charge in [-0.15, -0.1) is 0 Å². The van der Waals surface area contributed by atoms with Crippen molar-refractivity contribution in [2.75, 3.05) is 13.7 Å². The summed E-state index contributed by atoms with van der Waals surface area (Å²) in [4.78, 5) is 48.0. The molecule has 0 aliphatic heterocycles. The van der Waals surface area contributed by atoms with Gasteiger partial charge in [-0.3, -0.25) is 9.59 Å². The molecule has 35 heavy (non-hydrogen) atoms. The predicted molar refractivity (Wildman–Crippen MR) is 132 cm³/mol. The summed E-state index contributed by atoms with van der Waals surface area (Å²) in [5, 5.41) is 15.9. The number of hydrogen-bond acceptors (Lipinski definition) is 7. The van der Waals surface area contributed by atoms with Crippen LogP contribution in [0, 0.1) is 5.92 Å². The Morgan fingerprint density at radius 3 is 2.51 bits per heavy atom. The minimum absolute atomic E-state index is 0.0384. The zero-order valence-corrected chi connectivity index (χ0v) is 21.9. The number of ether oxygens (including phenoxy) is 2. The van der Waals surface area contributed by atoms with E-state index in [9.17, 15) is 24.3 Å². The molecule has 0 bridgehead atoms. The Hall–Kier alpha value is -2.94. The molecule has 0 spiro atoms. The number of carbonyl (C=O) groups excluding carboxylic acids is 4. The van der Waals surface area contributed by atoms with E-state index in [1.807, 2.05) is 0 Å². The molecule has 3 unspecified atom stereocenters. The van der Waals surface area contributed by atoms with Gasteiger partial charge < -0.3 is 25.2 Å². The SMILES string of the molecule is COC(=O)C(CCCCNC(=O)OC(C)(C)C)NC(=O)/C=C(C)\C=C\C1C(C)=CC(=O)CC1(C)O. The van der Waals surface area contributed by atoms with Crippen molar-refractivity contribution in [2.45, 2.75) is 84.5 Å². The summed E-state index contributed by atoms with van der Waals surface area (Å²) < 4.78 is 9.96. The Bertz CT molecular complexity index is 879. The van der Waals surface area contributed by atoms with Crippen LogP contribution in [0.4, 0.5) is 4.79 Å². The van der Waals surface area contributed by atoms with E-state index in [2.05, 4.69) is 10.6 Å². The summed E-state index contributed by atoms with van der Waals surface area (Å²) in [6.45, 7) is 10.9. The molecule has 0 saturated heterocycles. The van der Waals surface area contributed by atoms with E-state index in [4.69, 9.17) is 9.47 Å². The lowest BCUT2D eigenvalue weighted by Gasteiger charge is -2.34. The van der Waals surface area contributed by atoms with E-state index >= 15 is 0 Å². The van der Waals surface area contributed by atoms with Gasteiger partial charge in [0.2, 0.25) is 5.91 Å². The Kier molecular flexibility index (Phi) is 11.4. The lowest BCUT2D eigenvalue weighted by atomic mass is 9.75. The van der Waals surface area contributed by atoms with Gasteiger partial charge in [0.25, 0.3) is 0 Å². The van der Waals surface area contributed by atoms with Crippen LogP contribution in [0.2, 0.25) is 0 Å². The fourth-order valence-electron chi connectivity index (χ4n) is 3.79. The summed E-state index contributed by atoms with van der Waals surface area (Å²) in [6.07, 6.45) is 7.42. The number of amides is 2. The Morgan fingerprint density at radius 1 is 1.29 bits per heavy atom. The lowest BCUT2D eigenvalue weighted by molar-refractivity contribution is -0.144. The normalized spacial score (nSPS) is 21.8. The summed E-state index contributed by atoms with van der Waals surface area (Å²) in [5.74, 6) is -1.46. The number of esters is 1. The van der Waals surface area contributed by atoms with E-state index in [1.54, 1.807) is 53.7 Å². The molecule has 9 nitrogen and oxygen atoms in total. The number of methoxy groups -OCH3 is 1. The fraction of sp³-hybridized carbons (Fsp3) is 0.615. The number of nitrogens with one attached hydrogen (secondary N) is 2. The van der Waals surface area contributed by atoms with Crippen LogP contribution in [0.5, 0.6) is 0 Å². The number of alkyl carbamates (subject to hydrolysis) is 1. The number of allylic oxidation sites excluding steroid dienone is 3. The molecule has 9 heteroatoms. The van der Waals surface area contributed by atoms with Crippen LogP contribution in [-0.4, -0.2) is 59.8 Å². The molecule has 0 radical (unpaired) electrons. The first-order valence-electron chi connectivity index (χ1n) is 11.8. The molecular formula is C26H40N2O7. The molecule has 0 fully saturated rings. The highest BCUT2D eigenvalue weighted by atomic mass is 16.6. The van der Waals surface area contributed by atoms with Crippen molar-refractivity contribution < 1.29 is 33.8 Å². The van der Waals surface area contributed by atoms with Crippen molar-refractivity contribution in [3.8, 4) is 0 Å². The van der Waals surface area contributed by atoms with Crippen LogP contribution < -0.4 is 10.6 Å². The molecule has 1 aliphatic rings. The molecule has 0 saturated carbocycles. The molecule has 3 N–H and O–H groups in total. The van der Waals surface area contributed by atoms with Gasteiger partial charge in [0.1, 0.15) is 11.6 Å². The fourth-order valence-corrected chi connectivity index (χ4v) is 3.79. The monoisotopic (exact) mass is 492 g/mol. The highest BCUT2D eigenvalue weighted by molar-refractivity contribution is 5.93. The van der Waals surface area contributed by atoms with Gasteiger partial charge in [-0.1, -0.05) is 17.7 Å². The van der Waals surface area contributed by atoms with Gasteiger partial charge >= 0.3 is 12.1 Å². The first-order chi connectivity index (χ1) is 16.1. The van der Waals surface area contributed by atoms with Crippen molar-refractivity contribution >= 4 is 23.8 Å². The Balaban J connectivity index is 2.63. The first-order valence-corrected chi connectivity index (χ1v) is 11.8. The number of rotatable bonds is 10. The summed E-state index contributed by atoms with van der Waals surface area (Å²) >= 11 is 0. The average molecular weight is 493 g/mol. The van der Waals surface area contributed by atoms with Crippen molar-refractivity contribution in [1.82, 2.24) is 10.6 Å². The zero-order chi connectivity index (χ0) is 26.8. The largest absolute Gasteiger partial charge is 0.467 e. The highest BCUT2D eigenvalue weighted by Gasteiger charge is 2.36. The molecule has 2 amide bonds. The number of hydrogen-bond donors (Lipinski definition) is 3. The van der Waals surface area contributed by atoms with E-state index in [0.717, 1.165) is 5.57 Å². The third kappa shape index (κ3) is 11.4. The highest BCUT2D eigenvalue weighted by Crippen LogP contribution is 2.33. The van der Waals surface area contributed by atoms with Crippen LogP contribution in [0.3, 0.4) is 0 Å². The van der Waals surface area contributed by atoms with E-state index < -0.39 is 35.2 Å². The van der Waals surface area contributed by atoms with Gasteiger partial charge in [-0.05, 0) is 72.5 Å². The van der Waals surface area contributed by atoms with Gasteiger partial charge in [0, 0.05) is 25.0 Å². The smallest absolute Gasteiger partial charge is 0.407 e. The second-order valence-corrected chi connectivity index (χ2v) is 10.1.